The molecule has 0 amide bonds. The molecule has 1 aromatic heterocycles. The molecular weight excluding hydrogens is 218 g/mol. The maximum atomic E-state index is 11.7. The van der Waals surface area contributed by atoms with Crippen molar-refractivity contribution in [1.29, 1.82) is 0 Å². The van der Waals surface area contributed by atoms with Gasteiger partial charge in [-0.15, -0.1) is 0 Å². The Morgan fingerprint density at radius 1 is 1.60 bits per heavy atom. The summed E-state index contributed by atoms with van der Waals surface area (Å²) in [5.74, 6) is 0. The highest BCUT2D eigenvalue weighted by atomic mass is 32.2. The lowest BCUT2D eigenvalue weighted by Gasteiger charge is -2.17. The third-order valence-electron chi connectivity index (χ3n) is 1.75. The minimum absolute atomic E-state index is 0.0412. The van der Waals surface area contributed by atoms with Crippen LogP contribution in [0.1, 0.15) is 13.8 Å². The summed E-state index contributed by atoms with van der Waals surface area (Å²) in [6, 6.07) is 1.40. The van der Waals surface area contributed by atoms with Gasteiger partial charge in [-0.25, -0.2) is 13.1 Å². The average Bonchev–Trinajstić information content (AvgIpc) is 2.47. The van der Waals surface area contributed by atoms with Crippen molar-refractivity contribution in [3.8, 4) is 0 Å². The molecule has 86 valence electrons. The Labute approximate surface area is 89.0 Å². The van der Waals surface area contributed by atoms with Crippen molar-refractivity contribution in [3.63, 3.8) is 0 Å². The molecule has 1 heterocycles. The predicted octanol–water partition coefficient (Wildman–Crippen LogP) is -0.531. The van der Waals surface area contributed by atoms with Gasteiger partial charge in [-0.05, 0) is 19.9 Å². The summed E-state index contributed by atoms with van der Waals surface area (Å²) in [6.07, 6.45) is 1.40. The number of sulfonamides is 1. The fourth-order valence-electron chi connectivity index (χ4n) is 0.971. The van der Waals surface area contributed by atoms with Crippen molar-refractivity contribution in [3.05, 3.63) is 12.3 Å². The molecule has 1 aromatic rings. The minimum atomic E-state index is -3.59. The Morgan fingerprint density at radius 3 is 2.60 bits per heavy atom. The van der Waals surface area contributed by atoms with E-state index in [4.69, 9.17) is 0 Å². The molecule has 0 radical (unpaired) electrons. The van der Waals surface area contributed by atoms with Gasteiger partial charge in [0.1, 0.15) is 0 Å². The lowest BCUT2D eigenvalue weighted by Crippen LogP contribution is -2.38. The molecule has 0 saturated carbocycles. The second-order valence-electron chi connectivity index (χ2n) is 3.93. The van der Waals surface area contributed by atoms with Crippen LogP contribution in [0.5, 0.6) is 0 Å². The normalized spacial score (nSPS) is 13.1. The van der Waals surface area contributed by atoms with Crippen LogP contribution in [-0.4, -0.2) is 35.5 Å². The molecule has 1 rings (SSSR count). The van der Waals surface area contributed by atoms with E-state index in [-0.39, 0.29) is 11.6 Å². The monoisotopic (exact) mass is 233 g/mol. The van der Waals surface area contributed by atoms with Crippen molar-refractivity contribution >= 4 is 10.0 Å². The molecule has 0 bridgehead atoms. The van der Waals surface area contributed by atoms with Crippen LogP contribution in [0.15, 0.2) is 17.3 Å². The van der Waals surface area contributed by atoms with Gasteiger partial charge in [-0.2, -0.15) is 5.10 Å². The standard InChI is InChI=1S/C8H15N3O3S/c1-8(2,12)6-10-15(13,14)7-4-5-9-11(7)3/h4-5,10,12H,6H2,1-3H3. The van der Waals surface area contributed by atoms with Gasteiger partial charge in [0.25, 0.3) is 10.0 Å². The lowest BCUT2D eigenvalue weighted by molar-refractivity contribution is 0.0857. The molecule has 0 aliphatic rings. The number of aryl methyl sites for hydroxylation is 1. The van der Waals surface area contributed by atoms with Crippen molar-refractivity contribution in [2.45, 2.75) is 24.5 Å². The summed E-state index contributed by atoms with van der Waals surface area (Å²) in [5, 5.41) is 13.2. The number of aliphatic hydroxyl groups is 1. The average molecular weight is 233 g/mol. The highest BCUT2D eigenvalue weighted by Gasteiger charge is 2.21. The van der Waals surface area contributed by atoms with Crippen molar-refractivity contribution in [2.75, 3.05) is 6.54 Å². The second-order valence-corrected chi connectivity index (χ2v) is 5.64. The zero-order valence-corrected chi connectivity index (χ0v) is 9.74. The summed E-state index contributed by atoms with van der Waals surface area (Å²) in [4.78, 5) is 0. The van der Waals surface area contributed by atoms with Crippen molar-refractivity contribution < 1.29 is 13.5 Å². The largest absolute Gasteiger partial charge is 0.389 e. The van der Waals surface area contributed by atoms with Gasteiger partial charge in [-0.1, -0.05) is 0 Å². The SMILES string of the molecule is Cn1nccc1S(=O)(=O)NCC(C)(C)O. The van der Waals surface area contributed by atoms with E-state index in [1.807, 2.05) is 0 Å². The van der Waals surface area contributed by atoms with E-state index >= 15 is 0 Å². The zero-order valence-electron chi connectivity index (χ0n) is 8.93. The van der Waals surface area contributed by atoms with E-state index in [1.165, 1.54) is 30.8 Å². The molecule has 6 nitrogen and oxygen atoms in total. The number of hydrogen-bond donors (Lipinski definition) is 2. The topological polar surface area (TPSA) is 84.2 Å². The first-order valence-corrected chi connectivity index (χ1v) is 5.91. The van der Waals surface area contributed by atoms with E-state index in [1.54, 1.807) is 7.05 Å². The summed E-state index contributed by atoms with van der Waals surface area (Å²) >= 11 is 0. The second kappa shape index (κ2) is 3.92. The molecule has 0 saturated heterocycles. The summed E-state index contributed by atoms with van der Waals surface area (Å²) in [5.41, 5.74) is -1.08. The Kier molecular flexibility index (Phi) is 3.17. The number of nitrogens with one attached hydrogen (secondary N) is 1. The maximum Gasteiger partial charge on any atom is 0.257 e. The van der Waals surface area contributed by atoms with Crippen LogP contribution in [0, 0.1) is 0 Å². The molecule has 0 spiro atoms. The van der Waals surface area contributed by atoms with Gasteiger partial charge in [0.05, 0.1) is 11.8 Å². The predicted molar refractivity (Wildman–Crippen MR) is 54.7 cm³/mol. The van der Waals surface area contributed by atoms with E-state index < -0.39 is 15.6 Å². The summed E-state index contributed by atoms with van der Waals surface area (Å²) in [6.45, 7) is 3.01. The van der Waals surface area contributed by atoms with Gasteiger partial charge < -0.3 is 5.11 Å². The molecule has 0 aromatic carbocycles. The lowest BCUT2D eigenvalue weighted by atomic mass is 10.1. The van der Waals surface area contributed by atoms with Crippen LogP contribution < -0.4 is 4.72 Å². The first-order valence-electron chi connectivity index (χ1n) is 4.42. The highest BCUT2D eigenvalue weighted by molar-refractivity contribution is 7.89. The number of nitrogens with zero attached hydrogens (tertiary/aromatic N) is 2. The van der Waals surface area contributed by atoms with Crippen LogP contribution in [0.3, 0.4) is 0 Å². The fraction of sp³-hybridized carbons (Fsp3) is 0.625. The molecule has 2 N–H and O–H groups in total. The molecule has 7 heteroatoms. The van der Waals surface area contributed by atoms with E-state index in [0.29, 0.717) is 0 Å². The minimum Gasteiger partial charge on any atom is -0.389 e. The Morgan fingerprint density at radius 2 is 2.20 bits per heavy atom. The van der Waals surface area contributed by atoms with E-state index in [2.05, 4.69) is 9.82 Å². The Hall–Kier alpha value is -0.920. The summed E-state index contributed by atoms with van der Waals surface area (Å²) in [7, 11) is -2.05. The van der Waals surface area contributed by atoms with Crippen molar-refractivity contribution in [2.24, 2.45) is 7.05 Å². The molecule has 0 fully saturated rings. The number of hydrogen-bond acceptors (Lipinski definition) is 4. The first-order chi connectivity index (χ1) is 6.72. The summed E-state index contributed by atoms with van der Waals surface area (Å²) < 4.78 is 26.9. The quantitative estimate of drug-likeness (QED) is 0.732. The molecule has 15 heavy (non-hydrogen) atoms. The Balaban J connectivity index is 2.82. The van der Waals surface area contributed by atoms with E-state index in [9.17, 15) is 13.5 Å². The van der Waals surface area contributed by atoms with E-state index in [0.717, 1.165) is 0 Å². The van der Waals surface area contributed by atoms with Crippen LogP contribution in [0.2, 0.25) is 0 Å². The molecule has 0 aliphatic heterocycles. The fourth-order valence-corrected chi connectivity index (χ4v) is 2.30. The van der Waals surface area contributed by atoms with Crippen LogP contribution in [0.25, 0.3) is 0 Å². The molecule has 0 unspecified atom stereocenters. The van der Waals surface area contributed by atoms with Gasteiger partial charge in [0.2, 0.25) is 0 Å². The third kappa shape index (κ3) is 3.29. The first kappa shape index (κ1) is 12.2. The molecule has 0 aliphatic carbocycles. The third-order valence-corrected chi connectivity index (χ3v) is 3.22. The van der Waals surface area contributed by atoms with Gasteiger partial charge in [0.15, 0.2) is 5.03 Å². The van der Waals surface area contributed by atoms with Gasteiger partial charge >= 0.3 is 0 Å². The molecular formula is C8H15N3O3S. The van der Waals surface area contributed by atoms with Gasteiger partial charge in [0, 0.05) is 13.6 Å². The van der Waals surface area contributed by atoms with Crippen molar-refractivity contribution in [1.82, 2.24) is 14.5 Å². The van der Waals surface area contributed by atoms with Crippen LogP contribution in [-0.2, 0) is 17.1 Å². The van der Waals surface area contributed by atoms with Crippen LogP contribution >= 0.6 is 0 Å². The highest BCUT2D eigenvalue weighted by Crippen LogP contribution is 2.07. The maximum absolute atomic E-state index is 11.7. The number of aromatic nitrogens is 2. The Bertz CT molecular complexity index is 430. The smallest absolute Gasteiger partial charge is 0.257 e. The van der Waals surface area contributed by atoms with Gasteiger partial charge in [-0.3, -0.25) is 4.68 Å². The number of rotatable bonds is 4. The zero-order chi connectivity index (χ0) is 11.7. The molecule has 0 atom stereocenters. The van der Waals surface area contributed by atoms with Crippen LogP contribution in [0.4, 0.5) is 0 Å².